The molecule has 13 heavy (non-hydrogen) atoms. The summed E-state index contributed by atoms with van der Waals surface area (Å²) >= 11 is 0. The fourth-order valence-corrected chi connectivity index (χ4v) is 0.721. The van der Waals surface area contributed by atoms with Gasteiger partial charge in [0.15, 0.2) is 0 Å². The average Bonchev–Trinajstić information content (AvgIpc) is 1.84. The van der Waals surface area contributed by atoms with E-state index in [0.29, 0.717) is 0 Å². The number of nitrogens with zero attached hydrogens (tertiary/aromatic N) is 1. The van der Waals surface area contributed by atoms with Crippen LogP contribution < -0.4 is 10.2 Å². The third-order valence-corrected chi connectivity index (χ3v) is 1.12. The number of aliphatic hydroxyl groups excluding tert-OH is 1. The van der Waals surface area contributed by atoms with E-state index in [2.05, 4.69) is 0 Å². The van der Waals surface area contributed by atoms with Crippen molar-refractivity contribution in [3.05, 3.63) is 0 Å². The third-order valence-electron chi connectivity index (χ3n) is 1.12. The Kier molecular flexibility index (Phi) is 9.16. The largest absolute Gasteiger partial charge is 3.00 e. The van der Waals surface area contributed by atoms with Crippen molar-refractivity contribution in [2.75, 3.05) is 26.2 Å². The Bertz CT molecular complexity index is 158. The molecule has 0 bridgehead atoms. The first-order valence-electron chi connectivity index (χ1n) is 3.29. The number of hydrogen-bond donors (Lipinski definition) is 1. The molecule has 0 aliphatic heterocycles. The van der Waals surface area contributed by atoms with E-state index < -0.39 is 25.0 Å². The van der Waals surface area contributed by atoms with Gasteiger partial charge in [-0.05, 0) is 0 Å². The molecule has 0 spiro atoms. The molecule has 1 radical (unpaired) electrons. The van der Waals surface area contributed by atoms with Gasteiger partial charge in [-0.2, -0.15) is 0 Å². The van der Waals surface area contributed by atoms with Gasteiger partial charge >= 0.3 is 17.1 Å². The van der Waals surface area contributed by atoms with E-state index in [1.54, 1.807) is 0 Å². The number of rotatable bonds is 6. The molecule has 0 saturated heterocycles. The second-order valence-electron chi connectivity index (χ2n) is 2.18. The zero-order valence-corrected chi connectivity index (χ0v) is 7.81. The molecule has 0 fully saturated rings. The fourth-order valence-electron chi connectivity index (χ4n) is 0.721. The van der Waals surface area contributed by atoms with Crippen LogP contribution in [0.25, 0.3) is 0 Å². The molecule has 0 aliphatic rings. The minimum Gasteiger partial charge on any atom is -0.549 e. The zero-order valence-electron chi connectivity index (χ0n) is 6.71. The summed E-state index contributed by atoms with van der Waals surface area (Å²) in [7, 11) is 0. The summed E-state index contributed by atoms with van der Waals surface area (Å²) in [6, 6.07) is 0. The quantitative estimate of drug-likeness (QED) is 0.464. The maximum absolute atomic E-state index is 10.0. The molecular weight excluding hydrogens is 222 g/mol. The van der Waals surface area contributed by atoms with Crippen molar-refractivity contribution < 1.29 is 42.0 Å². The standard InChI is InChI=1S/C6H11NO5.Fe/c8-2-1-7(3-5(9)10)4-6(11)12;/h8H,1-4H2,(H,9,10)(H,11,12);/q;+3/p-2. The van der Waals surface area contributed by atoms with E-state index in [1.807, 2.05) is 0 Å². The van der Waals surface area contributed by atoms with Gasteiger partial charge in [-0.15, -0.1) is 0 Å². The first-order valence-corrected chi connectivity index (χ1v) is 3.29. The minimum absolute atomic E-state index is 0. The third kappa shape index (κ3) is 9.29. The first-order chi connectivity index (χ1) is 5.56. The molecule has 0 heterocycles. The van der Waals surface area contributed by atoms with Crippen molar-refractivity contribution in [2.24, 2.45) is 0 Å². The van der Waals surface area contributed by atoms with Gasteiger partial charge in [0.25, 0.3) is 0 Å². The summed E-state index contributed by atoms with van der Waals surface area (Å²) in [5.41, 5.74) is 0. The zero-order chi connectivity index (χ0) is 9.56. The summed E-state index contributed by atoms with van der Waals surface area (Å²) in [6.45, 7) is -1.37. The van der Waals surface area contributed by atoms with Crippen LogP contribution in [0.3, 0.4) is 0 Å². The molecule has 0 amide bonds. The van der Waals surface area contributed by atoms with Crippen LogP contribution in [0.1, 0.15) is 0 Å². The predicted octanol–water partition coefficient (Wildman–Crippen LogP) is -4.22. The molecule has 75 valence electrons. The van der Waals surface area contributed by atoms with Gasteiger partial charge in [-0.1, -0.05) is 0 Å². The van der Waals surface area contributed by atoms with E-state index >= 15 is 0 Å². The topological polar surface area (TPSA) is 104 Å². The minimum atomic E-state index is -1.38. The summed E-state index contributed by atoms with van der Waals surface area (Å²) < 4.78 is 0. The molecule has 0 aromatic carbocycles. The van der Waals surface area contributed by atoms with Gasteiger partial charge in [0, 0.05) is 19.6 Å². The molecule has 7 heteroatoms. The maximum atomic E-state index is 10.0. The van der Waals surface area contributed by atoms with Crippen LogP contribution in [-0.2, 0) is 26.7 Å². The number of carbonyl (C=O) groups is 2. The van der Waals surface area contributed by atoms with Crippen LogP contribution in [0, 0.1) is 0 Å². The Balaban J connectivity index is 0. The van der Waals surface area contributed by atoms with Crippen molar-refractivity contribution in [1.82, 2.24) is 4.90 Å². The summed E-state index contributed by atoms with van der Waals surface area (Å²) in [5, 5.41) is 28.4. The Hall–Kier alpha value is -0.621. The maximum Gasteiger partial charge on any atom is 3.00 e. The number of carboxylic acid groups (broad SMARTS) is 2. The van der Waals surface area contributed by atoms with Crippen LogP contribution in [0.4, 0.5) is 0 Å². The molecule has 0 atom stereocenters. The smallest absolute Gasteiger partial charge is 0.549 e. The molecule has 1 N–H and O–H groups in total. The van der Waals surface area contributed by atoms with Crippen LogP contribution in [0.2, 0.25) is 0 Å². The van der Waals surface area contributed by atoms with Crippen LogP contribution in [-0.4, -0.2) is 48.2 Å². The van der Waals surface area contributed by atoms with Gasteiger partial charge < -0.3 is 24.9 Å². The Labute approximate surface area is 85.6 Å². The molecule has 0 saturated carbocycles. The van der Waals surface area contributed by atoms with Crippen molar-refractivity contribution in [3.63, 3.8) is 0 Å². The van der Waals surface area contributed by atoms with Crippen LogP contribution >= 0.6 is 0 Å². The number of aliphatic carboxylic acids is 2. The van der Waals surface area contributed by atoms with Gasteiger partial charge in [0.05, 0.1) is 18.5 Å². The van der Waals surface area contributed by atoms with Gasteiger partial charge in [0.1, 0.15) is 0 Å². The number of hydrogen-bond acceptors (Lipinski definition) is 6. The first kappa shape index (κ1) is 14.9. The Morgan fingerprint density at radius 3 is 1.77 bits per heavy atom. The van der Waals surface area contributed by atoms with Crippen molar-refractivity contribution in [1.29, 1.82) is 0 Å². The van der Waals surface area contributed by atoms with Crippen molar-refractivity contribution in [3.8, 4) is 0 Å². The average molecular weight is 231 g/mol. The summed E-state index contributed by atoms with van der Waals surface area (Å²) in [4.78, 5) is 21.0. The van der Waals surface area contributed by atoms with E-state index in [9.17, 15) is 19.8 Å². The van der Waals surface area contributed by atoms with Crippen molar-refractivity contribution >= 4 is 11.9 Å². The molecular formula is C6H9FeNO5+. The van der Waals surface area contributed by atoms with Crippen LogP contribution in [0.5, 0.6) is 0 Å². The summed E-state index contributed by atoms with van der Waals surface area (Å²) in [6.07, 6.45) is 0. The monoisotopic (exact) mass is 231 g/mol. The number of carbonyl (C=O) groups excluding carboxylic acids is 2. The Morgan fingerprint density at radius 1 is 1.15 bits per heavy atom. The van der Waals surface area contributed by atoms with Crippen LogP contribution in [0.15, 0.2) is 0 Å². The van der Waals surface area contributed by atoms with E-state index in [-0.39, 0.29) is 30.2 Å². The molecule has 0 rings (SSSR count). The van der Waals surface area contributed by atoms with Crippen molar-refractivity contribution in [2.45, 2.75) is 0 Å². The normalized spacial score (nSPS) is 9.38. The Morgan fingerprint density at radius 2 is 1.54 bits per heavy atom. The molecule has 0 unspecified atom stereocenters. The van der Waals surface area contributed by atoms with E-state index in [0.717, 1.165) is 4.90 Å². The molecule has 6 nitrogen and oxygen atoms in total. The number of carboxylic acids is 2. The molecule has 0 aliphatic carbocycles. The predicted molar refractivity (Wildman–Crippen MR) is 33.5 cm³/mol. The second kappa shape index (κ2) is 8.00. The molecule has 0 aromatic heterocycles. The van der Waals surface area contributed by atoms with E-state index in [1.165, 1.54) is 0 Å². The summed E-state index contributed by atoms with van der Waals surface area (Å²) in [5.74, 6) is -2.77. The fraction of sp³-hybridized carbons (Fsp3) is 0.667. The van der Waals surface area contributed by atoms with Gasteiger partial charge in [0.2, 0.25) is 0 Å². The van der Waals surface area contributed by atoms with E-state index in [4.69, 9.17) is 5.11 Å². The second-order valence-corrected chi connectivity index (χ2v) is 2.18. The number of aliphatic hydroxyl groups is 1. The SMILES string of the molecule is O=C([O-])CN(CCO)CC(=O)[O-].[Fe+3]. The van der Waals surface area contributed by atoms with Gasteiger partial charge in [-0.3, -0.25) is 4.90 Å². The molecule has 0 aromatic rings. The van der Waals surface area contributed by atoms with Gasteiger partial charge in [-0.25, -0.2) is 0 Å².